The summed E-state index contributed by atoms with van der Waals surface area (Å²) in [5.74, 6) is 0.775. The van der Waals surface area contributed by atoms with Crippen molar-refractivity contribution in [3.8, 4) is 0 Å². The van der Waals surface area contributed by atoms with Crippen molar-refractivity contribution in [2.45, 2.75) is 45.0 Å². The Kier molecular flexibility index (Phi) is 8.41. The SMILES string of the molecule is C=CCO/N=C(\CC)C1=C(O)C(OC)C(C(C)SCC)CC1=O. The first-order valence-electron chi connectivity index (χ1n) is 7.92. The molecule has 1 N–H and O–H groups in total. The number of methoxy groups -OCH3 is 1. The van der Waals surface area contributed by atoms with Crippen LogP contribution in [0.25, 0.3) is 0 Å². The van der Waals surface area contributed by atoms with Gasteiger partial charge in [-0.05, 0) is 12.2 Å². The van der Waals surface area contributed by atoms with Crippen molar-refractivity contribution < 1.29 is 19.5 Å². The summed E-state index contributed by atoms with van der Waals surface area (Å²) in [5, 5.41) is 14.8. The van der Waals surface area contributed by atoms with E-state index in [2.05, 4.69) is 25.6 Å². The zero-order valence-corrected chi connectivity index (χ0v) is 15.2. The molecule has 0 spiro atoms. The summed E-state index contributed by atoms with van der Waals surface area (Å²) >= 11 is 1.76. The molecule has 1 aliphatic rings. The maximum absolute atomic E-state index is 12.6. The molecule has 1 rings (SSSR count). The van der Waals surface area contributed by atoms with Gasteiger partial charge in [-0.3, -0.25) is 4.79 Å². The maximum Gasteiger partial charge on any atom is 0.168 e. The van der Waals surface area contributed by atoms with Gasteiger partial charge >= 0.3 is 0 Å². The zero-order valence-electron chi connectivity index (χ0n) is 14.4. The van der Waals surface area contributed by atoms with Crippen LogP contribution in [0, 0.1) is 5.92 Å². The average molecular weight is 341 g/mol. The van der Waals surface area contributed by atoms with Gasteiger partial charge < -0.3 is 14.7 Å². The van der Waals surface area contributed by atoms with Gasteiger partial charge in [0.05, 0.1) is 11.3 Å². The highest BCUT2D eigenvalue weighted by molar-refractivity contribution is 7.99. The fourth-order valence-electron chi connectivity index (χ4n) is 2.76. The Hall–Kier alpha value is -1.27. The number of hydrogen-bond acceptors (Lipinski definition) is 6. The van der Waals surface area contributed by atoms with Crippen molar-refractivity contribution in [1.82, 2.24) is 0 Å². The van der Waals surface area contributed by atoms with Crippen molar-refractivity contribution in [2.75, 3.05) is 19.5 Å². The van der Waals surface area contributed by atoms with Gasteiger partial charge in [-0.25, -0.2) is 0 Å². The molecule has 0 fully saturated rings. The van der Waals surface area contributed by atoms with Gasteiger partial charge in [0, 0.05) is 24.7 Å². The average Bonchev–Trinajstić information content (AvgIpc) is 2.53. The molecule has 0 heterocycles. The zero-order chi connectivity index (χ0) is 17.4. The van der Waals surface area contributed by atoms with Gasteiger partial charge in [-0.15, -0.1) is 0 Å². The number of aliphatic hydroxyl groups excluding tert-OH is 1. The molecule has 3 unspecified atom stereocenters. The number of carbonyl (C=O) groups is 1. The third-order valence-corrected chi connectivity index (χ3v) is 5.10. The fraction of sp³-hybridized carbons (Fsp3) is 0.647. The van der Waals surface area contributed by atoms with Crippen molar-refractivity contribution >= 4 is 23.3 Å². The van der Waals surface area contributed by atoms with E-state index in [4.69, 9.17) is 9.57 Å². The number of allylic oxidation sites excluding steroid dienone is 1. The smallest absolute Gasteiger partial charge is 0.168 e. The molecule has 5 nitrogen and oxygen atoms in total. The fourth-order valence-corrected chi connectivity index (χ4v) is 3.77. The lowest BCUT2D eigenvalue weighted by Gasteiger charge is -2.34. The largest absolute Gasteiger partial charge is 0.509 e. The molecule has 23 heavy (non-hydrogen) atoms. The van der Waals surface area contributed by atoms with E-state index in [-0.39, 0.29) is 34.9 Å². The third kappa shape index (κ3) is 4.85. The van der Waals surface area contributed by atoms with Gasteiger partial charge in [0.2, 0.25) is 0 Å². The molecule has 1 aliphatic carbocycles. The maximum atomic E-state index is 12.6. The molecule has 6 heteroatoms. The minimum Gasteiger partial charge on any atom is -0.509 e. The highest BCUT2D eigenvalue weighted by Crippen LogP contribution is 2.35. The van der Waals surface area contributed by atoms with Crippen LogP contribution >= 0.6 is 11.8 Å². The highest BCUT2D eigenvalue weighted by atomic mass is 32.2. The van der Waals surface area contributed by atoms with Gasteiger partial charge in [0.25, 0.3) is 0 Å². The van der Waals surface area contributed by atoms with E-state index in [1.165, 1.54) is 0 Å². The van der Waals surface area contributed by atoms with Gasteiger partial charge in [0.1, 0.15) is 18.5 Å². The number of aliphatic hydroxyl groups is 1. The molecule has 0 aliphatic heterocycles. The number of rotatable bonds is 9. The lowest BCUT2D eigenvalue weighted by molar-refractivity contribution is -0.118. The van der Waals surface area contributed by atoms with Crippen LogP contribution in [0.15, 0.2) is 29.1 Å². The summed E-state index contributed by atoms with van der Waals surface area (Å²) in [6, 6.07) is 0. The summed E-state index contributed by atoms with van der Waals surface area (Å²) in [4.78, 5) is 17.7. The Labute approximate surface area is 142 Å². The van der Waals surface area contributed by atoms with Crippen LogP contribution in [0.2, 0.25) is 0 Å². The molecule has 3 atom stereocenters. The van der Waals surface area contributed by atoms with E-state index in [1.807, 2.05) is 6.92 Å². The number of oxime groups is 1. The molecule has 0 amide bonds. The van der Waals surface area contributed by atoms with E-state index in [1.54, 1.807) is 24.9 Å². The lowest BCUT2D eigenvalue weighted by atomic mass is 9.81. The molecule has 0 aromatic heterocycles. The summed E-state index contributed by atoms with van der Waals surface area (Å²) in [6.45, 7) is 9.82. The molecule has 0 radical (unpaired) electrons. The second-order valence-corrected chi connectivity index (χ2v) is 7.00. The number of nitrogens with zero attached hydrogens (tertiary/aromatic N) is 1. The van der Waals surface area contributed by atoms with E-state index >= 15 is 0 Å². The minimum absolute atomic E-state index is 0.0277. The summed E-state index contributed by atoms with van der Waals surface area (Å²) in [7, 11) is 1.56. The van der Waals surface area contributed by atoms with E-state index < -0.39 is 6.10 Å². The van der Waals surface area contributed by atoms with E-state index in [0.717, 1.165) is 5.75 Å². The normalized spacial score (nSPS) is 23.8. The molecule has 0 bridgehead atoms. The van der Waals surface area contributed by atoms with Crippen molar-refractivity contribution in [2.24, 2.45) is 11.1 Å². The van der Waals surface area contributed by atoms with Crippen LogP contribution in [0.1, 0.15) is 33.6 Å². The number of thioether (sulfide) groups is 1. The standard InChI is InChI=1S/C17H27NO4S/c1-6-9-22-18-13(7-2)15-14(19)10-12(11(4)23-8-3)17(21-5)16(15)20/h6,11-12,17,20H,1,7-10H2,2-5H3/b18-13+. The van der Waals surface area contributed by atoms with E-state index in [0.29, 0.717) is 18.6 Å². The summed E-state index contributed by atoms with van der Waals surface area (Å²) < 4.78 is 5.50. The van der Waals surface area contributed by atoms with Crippen LogP contribution in [0.4, 0.5) is 0 Å². The Morgan fingerprint density at radius 3 is 2.78 bits per heavy atom. The number of ether oxygens (including phenoxy) is 1. The van der Waals surface area contributed by atoms with Crippen molar-refractivity contribution in [3.05, 3.63) is 24.0 Å². The van der Waals surface area contributed by atoms with Crippen LogP contribution in [-0.2, 0) is 14.4 Å². The number of carbonyl (C=O) groups excluding carboxylic acids is 1. The number of Topliss-reactive ketones (excluding diaryl/α,β-unsaturated/α-hetero) is 1. The Bertz CT molecular complexity index is 487. The molecule has 0 saturated carbocycles. The molecular formula is C17H27NO4S. The van der Waals surface area contributed by atoms with Gasteiger partial charge in [-0.1, -0.05) is 38.6 Å². The van der Waals surface area contributed by atoms with Crippen LogP contribution in [0.3, 0.4) is 0 Å². The molecule has 130 valence electrons. The topological polar surface area (TPSA) is 68.1 Å². The number of ketones is 1. The second-order valence-electron chi connectivity index (χ2n) is 5.34. The Morgan fingerprint density at radius 1 is 1.57 bits per heavy atom. The first-order valence-corrected chi connectivity index (χ1v) is 8.97. The molecule has 0 aromatic carbocycles. The van der Waals surface area contributed by atoms with Gasteiger partial charge in [-0.2, -0.15) is 11.8 Å². The van der Waals surface area contributed by atoms with Crippen LogP contribution in [-0.4, -0.2) is 47.4 Å². The van der Waals surface area contributed by atoms with Gasteiger partial charge in [0.15, 0.2) is 5.78 Å². The Balaban J connectivity index is 3.15. The highest BCUT2D eigenvalue weighted by Gasteiger charge is 2.40. The van der Waals surface area contributed by atoms with E-state index in [9.17, 15) is 9.90 Å². The second kappa shape index (κ2) is 9.78. The monoisotopic (exact) mass is 341 g/mol. The number of hydrogen-bond donors (Lipinski definition) is 1. The van der Waals surface area contributed by atoms with Crippen molar-refractivity contribution in [1.29, 1.82) is 0 Å². The third-order valence-electron chi connectivity index (χ3n) is 3.89. The molecule has 0 aromatic rings. The molecular weight excluding hydrogens is 314 g/mol. The molecule has 0 saturated heterocycles. The summed E-state index contributed by atoms with van der Waals surface area (Å²) in [6.07, 6.45) is 1.91. The summed E-state index contributed by atoms with van der Waals surface area (Å²) in [5.41, 5.74) is 0.694. The first kappa shape index (κ1) is 19.8. The predicted octanol–water partition coefficient (Wildman–Crippen LogP) is 3.51. The Morgan fingerprint density at radius 2 is 2.26 bits per heavy atom. The first-order chi connectivity index (χ1) is 11.0. The quantitative estimate of drug-likeness (QED) is 0.301. The predicted molar refractivity (Wildman–Crippen MR) is 95.0 cm³/mol. The van der Waals surface area contributed by atoms with Crippen LogP contribution < -0.4 is 0 Å². The van der Waals surface area contributed by atoms with Crippen molar-refractivity contribution in [3.63, 3.8) is 0 Å². The lowest BCUT2D eigenvalue weighted by Crippen LogP contribution is -2.40. The minimum atomic E-state index is -0.493. The van der Waals surface area contributed by atoms with Crippen LogP contribution in [0.5, 0.6) is 0 Å².